The predicted molar refractivity (Wildman–Crippen MR) is 138 cm³/mol. The summed E-state index contributed by atoms with van der Waals surface area (Å²) < 4.78 is 6.36. The molecule has 0 aliphatic heterocycles. The van der Waals surface area contributed by atoms with E-state index in [1.165, 1.54) is 0 Å². The highest BCUT2D eigenvalue weighted by molar-refractivity contribution is 9.10. The molecule has 0 atom stereocenters. The fraction of sp³-hybridized carbons (Fsp3) is 0.0370. The lowest BCUT2D eigenvalue weighted by molar-refractivity contribution is 0.470. The van der Waals surface area contributed by atoms with Crippen LogP contribution in [0, 0.1) is 0 Å². The molecule has 168 valence electrons. The number of aromatic nitrogens is 1. The molecule has 34 heavy (non-hydrogen) atoms. The second-order valence-electron chi connectivity index (χ2n) is 7.73. The molecule has 1 heterocycles. The maximum Gasteiger partial charge on any atom is 0.231 e. The van der Waals surface area contributed by atoms with Crippen molar-refractivity contribution < 1.29 is 14.6 Å². The highest BCUT2D eigenvalue weighted by Crippen LogP contribution is 2.35. The number of benzene rings is 4. The predicted octanol–water partition coefficient (Wildman–Crippen LogP) is 7.66. The van der Waals surface area contributed by atoms with E-state index in [2.05, 4.69) is 25.9 Å². The van der Waals surface area contributed by atoms with Gasteiger partial charge in [0, 0.05) is 16.8 Å². The summed E-state index contributed by atoms with van der Waals surface area (Å²) in [7, 11) is 0. The van der Waals surface area contributed by atoms with Gasteiger partial charge in [0.05, 0.1) is 15.7 Å². The molecule has 5 aromatic rings. The second-order valence-corrected chi connectivity index (χ2v) is 8.99. The lowest BCUT2D eigenvalue weighted by atomic mass is 10.0. The maximum atomic E-state index is 10.5. The van der Waals surface area contributed by atoms with Crippen LogP contribution in [0.1, 0.15) is 16.7 Å². The lowest BCUT2D eigenvalue weighted by Crippen LogP contribution is -1.93. The van der Waals surface area contributed by atoms with Crippen LogP contribution in [0.15, 0.2) is 92.7 Å². The highest BCUT2D eigenvalue weighted by Gasteiger charge is 2.13. The summed E-state index contributed by atoms with van der Waals surface area (Å²) in [5.41, 5.74) is 4.86. The number of phenolic OH excluding ortho intramolecular Hbond substituents is 2. The molecule has 7 heteroatoms. The minimum Gasteiger partial charge on any atom is -0.507 e. The Morgan fingerprint density at radius 1 is 0.971 bits per heavy atom. The number of aliphatic imine (C=N–C) groups is 1. The molecule has 0 aliphatic rings. The van der Waals surface area contributed by atoms with Gasteiger partial charge in [-0.25, -0.2) is 4.98 Å². The summed E-state index contributed by atoms with van der Waals surface area (Å²) in [5.74, 6) is 0.436. The SMILES string of the molecule is Oc1ccc(N=Cc2cc(Cc3ccccc3Cl)cc(Br)c2O)cc1-c1nc2ccccc2o1. The molecule has 0 fully saturated rings. The third kappa shape index (κ3) is 4.55. The van der Waals surface area contributed by atoms with Crippen molar-refractivity contribution in [3.63, 3.8) is 0 Å². The van der Waals surface area contributed by atoms with Crippen molar-refractivity contribution in [2.24, 2.45) is 4.99 Å². The van der Waals surface area contributed by atoms with Crippen molar-refractivity contribution in [3.8, 4) is 23.0 Å². The van der Waals surface area contributed by atoms with Crippen molar-refractivity contribution in [3.05, 3.63) is 105 Å². The van der Waals surface area contributed by atoms with E-state index in [1.54, 1.807) is 24.4 Å². The molecule has 0 aliphatic carbocycles. The van der Waals surface area contributed by atoms with Crippen molar-refractivity contribution >= 4 is 50.5 Å². The second kappa shape index (κ2) is 9.33. The van der Waals surface area contributed by atoms with Crippen molar-refractivity contribution in [1.29, 1.82) is 0 Å². The number of phenols is 2. The monoisotopic (exact) mass is 532 g/mol. The number of hydrogen-bond acceptors (Lipinski definition) is 5. The van der Waals surface area contributed by atoms with Gasteiger partial charge in [-0.1, -0.05) is 41.9 Å². The zero-order valence-electron chi connectivity index (χ0n) is 17.7. The number of halogens is 2. The average molecular weight is 534 g/mol. The normalized spacial score (nSPS) is 11.5. The van der Waals surface area contributed by atoms with Gasteiger partial charge in [-0.2, -0.15) is 0 Å². The van der Waals surface area contributed by atoms with E-state index in [4.69, 9.17) is 16.0 Å². The highest BCUT2D eigenvalue weighted by atomic mass is 79.9. The van der Waals surface area contributed by atoms with Gasteiger partial charge < -0.3 is 14.6 Å². The Labute approximate surface area is 209 Å². The van der Waals surface area contributed by atoms with Crippen LogP contribution in [0.3, 0.4) is 0 Å². The number of oxazole rings is 1. The molecule has 0 spiro atoms. The minimum atomic E-state index is 0.0397. The van der Waals surface area contributed by atoms with Gasteiger partial charge in [-0.15, -0.1) is 0 Å². The topological polar surface area (TPSA) is 78.9 Å². The van der Waals surface area contributed by atoms with E-state index < -0.39 is 0 Å². The van der Waals surface area contributed by atoms with Gasteiger partial charge in [0.25, 0.3) is 0 Å². The molecule has 0 bridgehead atoms. The van der Waals surface area contributed by atoms with Gasteiger partial charge in [0.15, 0.2) is 5.58 Å². The number of fused-ring (bicyclic) bond motifs is 1. The number of para-hydroxylation sites is 2. The molecule has 4 aromatic carbocycles. The van der Waals surface area contributed by atoms with Gasteiger partial charge in [0.1, 0.15) is 17.0 Å². The first-order valence-electron chi connectivity index (χ1n) is 10.5. The van der Waals surface area contributed by atoms with Gasteiger partial charge in [-0.3, -0.25) is 4.99 Å². The molecule has 0 radical (unpaired) electrons. The quantitative estimate of drug-likeness (QED) is 0.227. The molecule has 1 aromatic heterocycles. The number of rotatable bonds is 5. The summed E-state index contributed by atoms with van der Waals surface area (Å²) in [6.45, 7) is 0. The molecule has 0 unspecified atom stereocenters. The van der Waals surface area contributed by atoms with E-state index in [-0.39, 0.29) is 11.5 Å². The standard InChI is InChI=1S/C27H18BrClN2O3/c28-21-13-16(11-17-5-1-2-6-22(17)29)12-18(26(21)33)15-30-19-9-10-24(32)20(14-19)27-31-23-7-3-4-8-25(23)34-27/h1-10,12-15,32-33H,11H2. The molecule has 5 rings (SSSR count). The van der Waals surface area contributed by atoms with Crippen LogP contribution in [0.5, 0.6) is 11.5 Å². The molecular weight excluding hydrogens is 516 g/mol. The number of nitrogens with zero attached hydrogens (tertiary/aromatic N) is 2. The Kier molecular flexibility index (Phi) is 6.09. The summed E-state index contributed by atoms with van der Waals surface area (Å²) in [5, 5.41) is 21.6. The lowest BCUT2D eigenvalue weighted by Gasteiger charge is -2.09. The Morgan fingerprint density at radius 3 is 2.59 bits per heavy atom. The van der Waals surface area contributed by atoms with E-state index in [0.29, 0.717) is 49.7 Å². The van der Waals surface area contributed by atoms with Gasteiger partial charge in [0.2, 0.25) is 5.89 Å². The molecular formula is C27H18BrClN2O3. The fourth-order valence-corrected chi connectivity index (χ4v) is 4.37. The van der Waals surface area contributed by atoms with Crippen LogP contribution < -0.4 is 0 Å². The maximum absolute atomic E-state index is 10.5. The first-order valence-corrected chi connectivity index (χ1v) is 11.6. The van der Waals surface area contributed by atoms with Crippen LogP contribution in [0.4, 0.5) is 5.69 Å². The van der Waals surface area contributed by atoms with E-state index in [9.17, 15) is 10.2 Å². The Balaban J connectivity index is 1.46. The first kappa shape index (κ1) is 22.2. The third-order valence-electron chi connectivity index (χ3n) is 5.36. The molecule has 0 saturated heterocycles. The summed E-state index contributed by atoms with van der Waals surface area (Å²) in [6.07, 6.45) is 2.19. The van der Waals surface area contributed by atoms with Crippen molar-refractivity contribution in [2.75, 3.05) is 0 Å². The molecule has 0 amide bonds. The number of aromatic hydroxyl groups is 2. The van der Waals surface area contributed by atoms with E-state index in [1.807, 2.05) is 60.7 Å². The Hall–Kier alpha value is -3.61. The largest absolute Gasteiger partial charge is 0.507 e. The summed E-state index contributed by atoms with van der Waals surface area (Å²) in [6, 6.07) is 23.7. The van der Waals surface area contributed by atoms with Crippen molar-refractivity contribution in [2.45, 2.75) is 6.42 Å². The zero-order valence-corrected chi connectivity index (χ0v) is 20.1. The van der Waals surface area contributed by atoms with E-state index >= 15 is 0 Å². The number of hydrogen-bond donors (Lipinski definition) is 2. The van der Waals surface area contributed by atoms with Crippen LogP contribution in [0.25, 0.3) is 22.6 Å². The van der Waals surface area contributed by atoms with Crippen molar-refractivity contribution in [1.82, 2.24) is 4.98 Å². The smallest absolute Gasteiger partial charge is 0.231 e. The first-order chi connectivity index (χ1) is 16.5. The van der Waals surface area contributed by atoms with Crippen LogP contribution in [-0.2, 0) is 6.42 Å². The minimum absolute atomic E-state index is 0.0397. The fourth-order valence-electron chi connectivity index (χ4n) is 3.65. The van der Waals surface area contributed by atoms with Crippen LogP contribution in [0.2, 0.25) is 5.02 Å². The Bertz CT molecular complexity index is 1510. The third-order valence-corrected chi connectivity index (χ3v) is 6.34. The average Bonchev–Trinajstić information content (AvgIpc) is 3.27. The molecule has 5 nitrogen and oxygen atoms in total. The van der Waals surface area contributed by atoms with Crippen LogP contribution in [-0.4, -0.2) is 21.4 Å². The summed E-state index contributed by atoms with van der Waals surface area (Å²) >= 11 is 9.73. The van der Waals surface area contributed by atoms with Gasteiger partial charge in [-0.05, 0) is 82.0 Å². The summed E-state index contributed by atoms with van der Waals surface area (Å²) in [4.78, 5) is 8.96. The Morgan fingerprint density at radius 2 is 1.76 bits per heavy atom. The zero-order chi connectivity index (χ0) is 23.7. The van der Waals surface area contributed by atoms with E-state index in [0.717, 1.165) is 11.1 Å². The molecule has 2 N–H and O–H groups in total. The van der Waals surface area contributed by atoms with Crippen LogP contribution >= 0.6 is 27.5 Å². The van der Waals surface area contributed by atoms with Gasteiger partial charge >= 0.3 is 0 Å². The molecule has 0 saturated carbocycles.